The van der Waals surface area contributed by atoms with Crippen LogP contribution in [0, 0.1) is 22.7 Å². The van der Waals surface area contributed by atoms with Gasteiger partial charge in [-0.2, -0.15) is 5.26 Å². The van der Waals surface area contributed by atoms with E-state index in [1.807, 2.05) is 18.5 Å². The molecule has 1 aromatic rings. The van der Waals surface area contributed by atoms with Crippen LogP contribution in [0.5, 0.6) is 0 Å². The van der Waals surface area contributed by atoms with Crippen LogP contribution in [0.15, 0.2) is 52.1 Å². The summed E-state index contributed by atoms with van der Waals surface area (Å²) in [4.78, 5) is 9.44. The lowest BCUT2D eigenvalue weighted by atomic mass is 9.82. The molecule has 0 radical (unpaired) electrons. The average molecular weight is 416 g/mol. The molecule has 2 saturated carbocycles. The molecule has 6 heteroatoms. The second kappa shape index (κ2) is 8.41. The van der Waals surface area contributed by atoms with Gasteiger partial charge in [0.1, 0.15) is 11.9 Å². The number of rotatable bonds is 6. The minimum Gasteiger partial charge on any atom is -0.395 e. The van der Waals surface area contributed by atoms with Crippen molar-refractivity contribution in [1.29, 1.82) is 5.26 Å². The van der Waals surface area contributed by atoms with E-state index in [-0.39, 0.29) is 24.0 Å². The molecule has 1 spiro atoms. The highest BCUT2D eigenvalue weighted by atomic mass is 16.3. The van der Waals surface area contributed by atoms with Crippen molar-refractivity contribution < 1.29 is 5.11 Å². The fourth-order valence-corrected chi connectivity index (χ4v) is 5.50. The van der Waals surface area contributed by atoms with E-state index in [9.17, 15) is 5.26 Å². The summed E-state index contributed by atoms with van der Waals surface area (Å²) in [5.74, 6) is 1.55. The van der Waals surface area contributed by atoms with Gasteiger partial charge >= 0.3 is 0 Å². The Labute approximate surface area is 183 Å². The van der Waals surface area contributed by atoms with Gasteiger partial charge in [-0.05, 0) is 36.0 Å². The molecule has 4 aliphatic rings. The molecule has 31 heavy (non-hydrogen) atoms. The Morgan fingerprint density at radius 2 is 2.10 bits per heavy atom. The highest BCUT2D eigenvalue weighted by molar-refractivity contribution is 6.04. The Bertz CT molecular complexity index is 1010. The van der Waals surface area contributed by atoms with Crippen LogP contribution >= 0.6 is 0 Å². The molecule has 5 rings (SSSR count). The molecule has 2 aliphatic carbocycles. The number of anilines is 1. The van der Waals surface area contributed by atoms with E-state index in [1.54, 1.807) is 0 Å². The van der Waals surface area contributed by atoms with Crippen LogP contribution in [0.3, 0.4) is 0 Å². The van der Waals surface area contributed by atoms with Crippen LogP contribution < -0.4 is 10.6 Å². The highest BCUT2D eigenvalue weighted by Crippen LogP contribution is 2.61. The topological polar surface area (TPSA) is 92.8 Å². The van der Waals surface area contributed by atoms with Crippen LogP contribution in [0.2, 0.25) is 0 Å². The number of nitrogens with zero attached hydrogens (tertiary/aromatic N) is 3. The first kappa shape index (κ1) is 20.2. The molecule has 0 bridgehead atoms. The Hall–Kier alpha value is -2.75. The SMILES string of the molecule is N#Cc1c(NC2=NC=CC34C=C(CNCCO)C=NC3C24)cccc1C1CCCCC1. The van der Waals surface area contributed by atoms with Crippen LogP contribution in [0.25, 0.3) is 0 Å². The van der Waals surface area contributed by atoms with E-state index in [0.717, 1.165) is 22.7 Å². The molecule has 0 saturated heterocycles. The number of hydrogen-bond donors (Lipinski definition) is 3. The normalized spacial score (nSPS) is 28.8. The van der Waals surface area contributed by atoms with Crippen molar-refractivity contribution in [3.8, 4) is 6.07 Å². The third kappa shape index (κ3) is 3.62. The van der Waals surface area contributed by atoms with E-state index < -0.39 is 0 Å². The number of aliphatic hydroxyl groups excluding tert-OH is 1. The first-order chi connectivity index (χ1) is 15.3. The van der Waals surface area contributed by atoms with Crippen molar-refractivity contribution in [1.82, 2.24) is 5.32 Å². The Kier molecular flexibility index (Phi) is 5.47. The standard InChI is InChI=1S/C25H29N5O/c26-14-20-19(18-5-2-1-3-6-18)7-4-8-21(20)30-24-22-23-25(22,9-10-28-24)13-17(16-29-23)15-27-11-12-31/h4,7-10,13,16,18,22-23,27,31H,1-3,5-6,11-12,15H2,(H,28,30). The van der Waals surface area contributed by atoms with Crippen molar-refractivity contribution in [3.05, 3.63) is 53.3 Å². The molecule has 2 aliphatic heterocycles. The maximum atomic E-state index is 9.98. The molecule has 2 fully saturated rings. The van der Waals surface area contributed by atoms with Gasteiger partial charge in [0.25, 0.3) is 0 Å². The third-order valence-electron chi connectivity index (χ3n) is 7.10. The van der Waals surface area contributed by atoms with E-state index in [2.05, 4.69) is 46.0 Å². The van der Waals surface area contributed by atoms with E-state index >= 15 is 0 Å². The fraction of sp³-hybridized carbons (Fsp3) is 0.480. The number of nitrogens with one attached hydrogen (secondary N) is 2. The Morgan fingerprint density at radius 1 is 1.23 bits per heavy atom. The first-order valence-corrected chi connectivity index (χ1v) is 11.4. The number of amidine groups is 1. The Morgan fingerprint density at radius 3 is 2.90 bits per heavy atom. The maximum absolute atomic E-state index is 9.98. The van der Waals surface area contributed by atoms with Crippen LogP contribution in [0.4, 0.5) is 5.69 Å². The summed E-state index contributed by atoms with van der Waals surface area (Å²) in [5.41, 5.74) is 3.81. The predicted octanol–water partition coefficient (Wildman–Crippen LogP) is 3.52. The molecule has 2 heterocycles. The second-order valence-corrected chi connectivity index (χ2v) is 8.99. The van der Waals surface area contributed by atoms with Crippen molar-refractivity contribution in [2.45, 2.75) is 44.1 Å². The van der Waals surface area contributed by atoms with Crippen molar-refractivity contribution in [2.24, 2.45) is 21.3 Å². The van der Waals surface area contributed by atoms with E-state index in [0.29, 0.717) is 19.0 Å². The fourth-order valence-electron chi connectivity index (χ4n) is 5.50. The number of benzene rings is 1. The lowest BCUT2D eigenvalue weighted by Crippen LogP contribution is -2.24. The molecule has 0 amide bonds. The number of fused-ring (bicyclic) bond motifs is 1. The number of aliphatic imine (C=N–C) groups is 2. The van der Waals surface area contributed by atoms with Gasteiger partial charge in [0, 0.05) is 30.9 Å². The van der Waals surface area contributed by atoms with Gasteiger partial charge in [0.2, 0.25) is 0 Å². The number of nitriles is 1. The predicted molar refractivity (Wildman–Crippen MR) is 123 cm³/mol. The number of aliphatic hydroxyl groups is 1. The summed E-state index contributed by atoms with van der Waals surface area (Å²) in [6.45, 7) is 1.40. The van der Waals surface area contributed by atoms with Crippen LogP contribution in [-0.2, 0) is 0 Å². The zero-order valence-corrected chi connectivity index (χ0v) is 17.7. The molecule has 3 N–H and O–H groups in total. The lowest BCUT2D eigenvalue weighted by molar-refractivity contribution is 0.294. The van der Waals surface area contributed by atoms with Crippen LogP contribution in [-0.4, -0.2) is 42.9 Å². The second-order valence-electron chi connectivity index (χ2n) is 8.99. The molecule has 0 aromatic heterocycles. The third-order valence-corrected chi connectivity index (χ3v) is 7.10. The summed E-state index contributed by atoms with van der Waals surface area (Å²) >= 11 is 0. The molecule has 1 aromatic carbocycles. The molecular formula is C25H29N5O. The smallest absolute Gasteiger partial charge is 0.112 e. The molecule has 160 valence electrons. The zero-order valence-electron chi connectivity index (χ0n) is 17.7. The van der Waals surface area contributed by atoms with Crippen molar-refractivity contribution in [3.63, 3.8) is 0 Å². The minimum atomic E-state index is -0.122. The van der Waals surface area contributed by atoms with Gasteiger partial charge < -0.3 is 15.7 Å². The summed E-state index contributed by atoms with van der Waals surface area (Å²) in [6, 6.07) is 8.81. The van der Waals surface area contributed by atoms with Gasteiger partial charge in [-0.1, -0.05) is 43.5 Å². The quantitative estimate of drug-likeness (QED) is 0.620. The minimum absolute atomic E-state index is 0.122. The first-order valence-electron chi connectivity index (χ1n) is 11.4. The van der Waals surface area contributed by atoms with Crippen LogP contribution in [0.1, 0.15) is 49.1 Å². The van der Waals surface area contributed by atoms with Gasteiger partial charge in [0.05, 0.1) is 29.8 Å². The number of hydrogen-bond acceptors (Lipinski definition) is 6. The van der Waals surface area contributed by atoms with Gasteiger partial charge in [-0.15, -0.1) is 0 Å². The monoisotopic (exact) mass is 415 g/mol. The van der Waals surface area contributed by atoms with E-state index in [1.165, 1.54) is 37.7 Å². The summed E-state index contributed by atoms with van der Waals surface area (Å²) in [7, 11) is 0. The summed E-state index contributed by atoms with van der Waals surface area (Å²) < 4.78 is 0. The lowest BCUT2D eigenvalue weighted by Gasteiger charge is -2.24. The molecule has 3 unspecified atom stereocenters. The summed E-state index contributed by atoms with van der Waals surface area (Å²) in [5, 5.41) is 25.7. The molecule has 6 nitrogen and oxygen atoms in total. The van der Waals surface area contributed by atoms with Crippen molar-refractivity contribution in [2.75, 3.05) is 25.0 Å². The maximum Gasteiger partial charge on any atom is 0.112 e. The zero-order chi connectivity index (χ0) is 21.3. The average Bonchev–Trinajstić information content (AvgIpc) is 3.49. The van der Waals surface area contributed by atoms with Gasteiger partial charge in [-0.25, -0.2) is 4.99 Å². The Balaban J connectivity index is 1.37. The van der Waals surface area contributed by atoms with Gasteiger partial charge in [-0.3, -0.25) is 4.99 Å². The number of dihydropyridines is 1. The highest BCUT2D eigenvalue weighted by Gasteiger charge is 2.66. The van der Waals surface area contributed by atoms with Gasteiger partial charge in [0.15, 0.2) is 0 Å². The molecular weight excluding hydrogens is 386 g/mol. The molecule has 3 atom stereocenters. The summed E-state index contributed by atoms with van der Waals surface area (Å²) in [6.07, 6.45) is 14.4. The van der Waals surface area contributed by atoms with E-state index in [4.69, 9.17) is 10.1 Å². The largest absolute Gasteiger partial charge is 0.395 e. The van der Waals surface area contributed by atoms with Crippen molar-refractivity contribution >= 4 is 17.7 Å².